The monoisotopic (exact) mass is 373 g/mol. The minimum atomic E-state index is -4.83. The van der Waals surface area contributed by atoms with Gasteiger partial charge in [0, 0.05) is 12.1 Å². The molecule has 0 spiro atoms. The van der Waals surface area contributed by atoms with Crippen LogP contribution in [0.4, 0.5) is 13.2 Å². The van der Waals surface area contributed by atoms with Crippen LogP contribution in [0.15, 0.2) is 35.5 Å². The summed E-state index contributed by atoms with van der Waals surface area (Å²) in [7, 11) is 0. The molecule has 0 fully saturated rings. The van der Waals surface area contributed by atoms with Gasteiger partial charge in [-0.15, -0.1) is 0 Å². The first-order chi connectivity index (χ1) is 12.1. The van der Waals surface area contributed by atoms with Crippen LogP contribution in [0.25, 0.3) is 0 Å². The summed E-state index contributed by atoms with van der Waals surface area (Å²) in [5.74, 6) is -4.31. The Kier molecular flexibility index (Phi) is 7.67. The van der Waals surface area contributed by atoms with E-state index in [2.05, 4.69) is 0 Å². The molecule has 1 rings (SSSR count). The molecular weight excluding hydrogens is 351 g/mol. The van der Waals surface area contributed by atoms with E-state index in [4.69, 9.17) is 15.2 Å². The van der Waals surface area contributed by atoms with Crippen molar-refractivity contribution in [3.05, 3.63) is 46.7 Å². The van der Waals surface area contributed by atoms with E-state index in [0.29, 0.717) is 5.56 Å². The Labute approximate surface area is 150 Å². The highest BCUT2D eigenvalue weighted by molar-refractivity contribution is 5.98. The first-order valence-corrected chi connectivity index (χ1v) is 8.06. The topological polar surface area (TPSA) is 78.6 Å². The number of rotatable bonds is 7. The second-order valence-corrected chi connectivity index (χ2v) is 5.53. The molecule has 2 N–H and O–H groups in total. The fraction of sp³-hybridized carbons (Fsp3) is 0.444. The number of carbonyl (C=O) groups is 2. The quantitative estimate of drug-likeness (QED) is 0.587. The van der Waals surface area contributed by atoms with Crippen LogP contribution in [-0.2, 0) is 25.5 Å². The normalized spacial score (nSPS) is 12.6. The number of alkyl halides is 3. The molecule has 0 heterocycles. The van der Waals surface area contributed by atoms with E-state index >= 15 is 0 Å². The number of benzene rings is 1. The molecule has 0 atom stereocenters. The molecule has 0 aliphatic heterocycles. The van der Waals surface area contributed by atoms with Crippen LogP contribution >= 0.6 is 0 Å². The Hall–Kier alpha value is -2.51. The zero-order chi connectivity index (χ0) is 19.9. The maximum atomic E-state index is 13.6. The van der Waals surface area contributed by atoms with E-state index < -0.39 is 41.7 Å². The molecule has 0 bridgehead atoms. The van der Waals surface area contributed by atoms with Crippen molar-refractivity contribution in [3.63, 3.8) is 0 Å². The number of allylic oxidation sites excluding steroid dienone is 1. The van der Waals surface area contributed by atoms with Crippen LogP contribution in [0.5, 0.6) is 0 Å². The highest BCUT2D eigenvalue weighted by Crippen LogP contribution is 2.32. The summed E-state index contributed by atoms with van der Waals surface area (Å²) in [6, 6.07) is 6.37. The van der Waals surface area contributed by atoms with E-state index in [1.165, 1.54) is 26.0 Å². The van der Waals surface area contributed by atoms with Crippen LogP contribution < -0.4 is 5.73 Å². The van der Waals surface area contributed by atoms with Gasteiger partial charge in [0.05, 0.1) is 18.8 Å². The zero-order valence-electron chi connectivity index (χ0n) is 14.9. The van der Waals surface area contributed by atoms with Gasteiger partial charge in [-0.2, -0.15) is 13.2 Å². The number of hydrogen-bond acceptors (Lipinski definition) is 5. The summed E-state index contributed by atoms with van der Waals surface area (Å²) in [6.07, 6.45) is -5.41. The standard InChI is InChI=1S/C18H22F3NO4/c1-4-25-16(23)14(17(24)26-5-2)15(22)13(18(19,20)21)10-12-8-6-11(3)7-9-12/h6-9,14H,4-5,10,22H2,1-3H3/b15-13-. The SMILES string of the molecule is CCOC(=O)C(C(=O)OCC)/C(N)=C(\Cc1ccc(C)cc1)C(F)(F)F. The Balaban J connectivity index is 3.38. The molecule has 0 aliphatic carbocycles. The first-order valence-electron chi connectivity index (χ1n) is 8.06. The maximum absolute atomic E-state index is 13.6. The van der Waals surface area contributed by atoms with Gasteiger partial charge in [0.1, 0.15) is 0 Å². The number of halogens is 3. The van der Waals surface area contributed by atoms with E-state index in [-0.39, 0.29) is 13.2 Å². The van der Waals surface area contributed by atoms with Crippen molar-refractivity contribution in [3.8, 4) is 0 Å². The first kappa shape index (κ1) is 21.5. The van der Waals surface area contributed by atoms with Crippen LogP contribution in [0, 0.1) is 12.8 Å². The molecule has 1 aromatic rings. The lowest BCUT2D eigenvalue weighted by Gasteiger charge is -2.20. The molecule has 0 aliphatic rings. The number of aryl methyl sites for hydroxylation is 1. The van der Waals surface area contributed by atoms with Gasteiger partial charge in [-0.25, -0.2) is 0 Å². The summed E-state index contributed by atoms with van der Waals surface area (Å²) in [5, 5.41) is 0. The molecule has 144 valence electrons. The van der Waals surface area contributed by atoms with Gasteiger partial charge in [-0.05, 0) is 26.3 Å². The summed E-state index contributed by atoms with van der Waals surface area (Å²) in [4.78, 5) is 24.0. The third-order valence-corrected chi connectivity index (χ3v) is 3.55. The molecular formula is C18H22F3NO4. The summed E-state index contributed by atoms with van der Waals surface area (Å²) < 4.78 is 50.1. The highest BCUT2D eigenvalue weighted by Gasteiger charge is 2.42. The van der Waals surface area contributed by atoms with Gasteiger partial charge in [0.15, 0.2) is 5.92 Å². The third kappa shape index (κ3) is 5.79. The maximum Gasteiger partial charge on any atom is 0.414 e. The lowest BCUT2D eigenvalue weighted by Crippen LogP contribution is -2.36. The molecule has 0 unspecified atom stereocenters. The van der Waals surface area contributed by atoms with Crippen molar-refractivity contribution in [1.29, 1.82) is 0 Å². The van der Waals surface area contributed by atoms with E-state index in [9.17, 15) is 22.8 Å². The van der Waals surface area contributed by atoms with Gasteiger partial charge in [0.2, 0.25) is 0 Å². The second kappa shape index (κ2) is 9.26. The zero-order valence-corrected chi connectivity index (χ0v) is 14.9. The highest BCUT2D eigenvalue weighted by atomic mass is 19.4. The smallest absolute Gasteiger partial charge is 0.414 e. The van der Waals surface area contributed by atoms with Gasteiger partial charge in [-0.3, -0.25) is 9.59 Å². The molecule has 0 amide bonds. The van der Waals surface area contributed by atoms with Crippen LogP contribution in [-0.4, -0.2) is 31.3 Å². The summed E-state index contributed by atoms with van der Waals surface area (Å²) in [6.45, 7) is 4.52. The fourth-order valence-electron chi connectivity index (χ4n) is 2.25. The minimum Gasteiger partial charge on any atom is -0.465 e. The molecule has 0 aromatic heterocycles. The lowest BCUT2D eigenvalue weighted by atomic mass is 9.95. The van der Waals surface area contributed by atoms with Crippen LogP contribution in [0.1, 0.15) is 25.0 Å². The van der Waals surface area contributed by atoms with Crippen molar-refractivity contribution in [1.82, 2.24) is 0 Å². The third-order valence-electron chi connectivity index (χ3n) is 3.55. The predicted octanol–water partition coefficient (Wildman–Crippen LogP) is 3.06. The summed E-state index contributed by atoms with van der Waals surface area (Å²) >= 11 is 0. The number of esters is 2. The molecule has 26 heavy (non-hydrogen) atoms. The van der Waals surface area contributed by atoms with E-state index in [1.54, 1.807) is 19.1 Å². The molecule has 0 saturated heterocycles. The van der Waals surface area contributed by atoms with Crippen LogP contribution in [0.2, 0.25) is 0 Å². The molecule has 0 radical (unpaired) electrons. The number of ether oxygens (including phenoxy) is 2. The Morgan fingerprint density at radius 2 is 1.50 bits per heavy atom. The average molecular weight is 373 g/mol. The predicted molar refractivity (Wildman–Crippen MR) is 88.9 cm³/mol. The number of hydrogen-bond donors (Lipinski definition) is 1. The second-order valence-electron chi connectivity index (χ2n) is 5.53. The number of carbonyl (C=O) groups excluding carboxylic acids is 2. The summed E-state index contributed by atoms with van der Waals surface area (Å²) in [5.41, 5.74) is 4.79. The molecule has 0 saturated carbocycles. The van der Waals surface area contributed by atoms with Crippen molar-refractivity contribution in [2.45, 2.75) is 33.4 Å². The Bertz CT molecular complexity index is 648. The largest absolute Gasteiger partial charge is 0.465 e. The Morgan fingerprint density at radius 1 is 1.04 bits per heavy atom. The van der Waals surface area contributed by atoms with Crippen LogP contribution in [0.3, 0.4) is 0 Å². The van der Waals surface area contributed by atoms with E-state index in [1.807, 2.05) is 0 Å². The lowest BCUT2D eigenvalue weighted by molar-refractivity contribution is -0.159. The van der Waals surface area contributed by atoms with Crippen molar-refractivity contribution in [2.75, 3.05) is 13.2 Å². The fourth-order valence-corrected chi connectivity index (χ4v) is 2.25. The van der Waals surface area contributed by atoms with Crippen molar-refractivity contribution < 1.29 is 32.2 Å². The van der Waals surface area contributed by atoms with Crippen molar-refractivity contribution in [2.24, 2.45) is 11.7 Å². The van der Waals surface area contributed by atoms with Gasteiger partial charge in [0.25, 0.3) is 0 Å². The van der Waals surface area contributed by atoms with Gasteiger partial charge in [-0.1, -0.05) is 29.8 Å². The van der Waals surface area contributed by atoms with E-state index in [0.717, 1.165) is 5.56 Å². The minimum absolute atomic E-state index is 0.110. The average Bonchev–Trinajstić information content (AvgIpc) is 2.53. The van der Waals surface area contributed by atoms with Gasteiger partial charge >= 0.3 is 18.1 Å². The molecule has 8 heteroatoms. The number of nitrogens with two attached hydrogens (primary N) is 1. The molecule has 1 aromatic carbocycles. The van der Waals surface area contributed by atoms with Crippen molar-refractivity contribution >= 4 is 11.9 Å². The Morgan fingerprint density at radius 3 is 1.88 bits per heavy atom. The molecule has 5 nitrogen and oxygen atoms in total. The van der Waals surface area contributed by atoms with Gasteiger partial charge < -0.3 is 15.2 Å².